The van der Waals surface area contributed by atoms with Crippen molar-refractivity contribution < 1.29 is 13.9 Å². The van der Waals surface area contributed by atoms with Crippen molar-refractivity contribution in [3.05, 3.63) is 59.9 Å². The number of benzene rings is 2. The van der Waals surface area contributed by atoms with Crippen molar-refractivity contribution in [1.82, 2.24) is 5.32 Å². The third-order valence-electron chi connectivity index (χ3n) is 3.97. The van der Waals surface area contributed by atoms with Gasteiger partial charge in [0, 0.05) is 24.5 Å². The van der Waals surface area contributed by atoms with Gasteiger partial charge >= 0.3 is 0 Å². The highest BCUT2D eigenvalue weighted by molar-refractivity contribution is 8.00. The predicted molar refractivity (Wildman–Crippen MR) is 98.4 cm³/mol. The standard InChI is InChI=1S/C19H21FN2O2S/c20-17-12-15(6-7-18(17)22-8-10-24-11-9-22)13-21-19(23)14-25-16-4-2-1-3-5-16/h1-7,12H,8-11,13-14H2,(H,21,23). The second-order valence-electron chi connectivity index (χ2n) is 5.76. The van der Waals surface area contributed by atoms with Crippen LogP contribution in [0.25, 0.3) is 0 Å². The molecule has 132 valence electrons. The lowest BCUT2D eigenvalue weighted by atomic mass is 10.1. The number of halogens is 1. The van der Waals surface area contributed by atoms with Crippen molar-refractivity contribution in [2.24, 2.45) is 0 Å². The topological polar surface area (TPSA) is 41.6 Å². The molecule has 1 aliphatic rings. The number of carbonyl (C=O) groups excluding carboxylic acids is 1. The van der Waals surface area contributed by atoms with E-state index >= 15 is 0 Å². The minimum absolute atomic E-state index is 0.0634. The fourth-order valence-electron chi connectivity index (χ4n) is 2.64. The Morgan fingerprint density at radius 1 is 1.16 bits per heavy atom. The lowest BCUT2D eigenvalue weighted by molar-refractivity contribution is -0.118. The largest absolute Gasteiger partial charge is 0.378 e. The minimum atomic E-state index is -0.257. The van der Waals surface area contributed by atoms with Crippen LogP contribution in [0.3, 0.4) is 0 Å². The average Bonchev–Trinajstić information content (AvgIpc) is 2.66. The molecule has 2 aromatic carbocycles. The molecule has 1 saturated heterocycles. The average molecular weight is 360 g/mol. The molecule has 6 heteroatoms. The van der Waals surface area contributed by atoms with E-state index in [0.717, 1.165) is 10.5 Å². The summed E-state index contributed by atoms with van der Waals surface area (Å²) < 4.78 is 19.6. The summed E-state index contributed by atoms with van der Waals surface area (Å²) in [6.07, 6.45) is 0. The molecule has 0 aliphatic carbocycles. The number of nitrogens with zero attached hydrogens (tertiary/aromatic N) is 1. The Morgan fingerprint density at radius 3 is 2.64 bits per heavy atom. The van der Waals surface area contributed by atoms with Crippen molar-refractivity contribution >= 4 is 23.4 Å². The lowest BCUT2D eigenvalue weighted by Gasteiger charge is -2.29. The summed E-state index contributed by atoms with van der Waals surface area (Å²) in [6, 6.07) is 14.9. The Morgan fingerprint density at radius 2 is 1.92 bits per heavy atom. The third-order valence-corrected chi connectivity index (χ3v) is 4.98. The molecular formula is C19H21FN2O2S. The van der Waals surface area contributed by atoms with Crippen LogP contribution in [0.1, 0.15) is 5.56 Å². The fraction of sp³-hybridized carbons (Fsp3) is 0.316. The molecule has 0 radical (unpaired) electrons. The summed E-state index contributed by atoms with van der Waals surface area (Å²) in [4.78, 5) is 15.0. The Hall–Kier alpha value is -2.05. The summed E-state index contributed by atoms with van der Waals surface area (Å²) in [5, 5.41) is 2.84. The zero-order valence-electron chi connectivity index (χ0n) is 13.9. The van der Waals surface area contributed by atoms with Gasteiger partial charge in [-0.3, -0.25) is 4.79 Å². The predicted octanol–water partition coefficient (Wildman–Crippen LogP) is 3.07. The molecule has 0 saturated carbocycles. The molecular weight excluding hydrogens is 339 g/mol. The van der Waals surface area contributed by atoms with Gasteiger partial charge in [0.25, 0.3) is 0 Å². The molecule has 0 atom stereocenters. The number of anilines is 1. The normalized spacial score (nSPS) is 14.4. The number of rotatable bonds is 6. The molecule has 0 spiro atoms. The van der Waals surface area contributed by atoms with Crippen LogP contribution >= 0.6 is 11.8 Å². The van der Waals surface area contributed by atoms with E-state index in [-0.39, 0.29) is 11.7 Å². The van der Waals surface area contributed by atoms with Crippen LogP contribution in [-0.4, -0.2) is 38.0 Å². The first-order valence-electron chi connectivity index (χ1n) is 8.28. The number of thioether (sulfide) groups is 1. The Kier molecular flexibility index (Phi) is 6.30. The van der Waals surface area contributed by atoms with Crippen molar-refractivity contribution in [3.8, 4) is 0 Å². The van der Waals surface area contributed by atoms with E-state index in [2.05, 4.69) is 5.32 Å². The van der Waals surface area contributed by atoms with Crippen LogP contribution in [0, 0.1) is 5.82 Å². The van der Waals surface area contributed by atoms with Crippen LogP contribution in [0.5, 0.6) is 0 Å². The number of hydrogen-bond acceptors (Lipinski definition) is 4. The maximum atomic E-state index is 14.3. The number of amides is 1. The molecule has 2 aromatic rings. The van der Waals surface area contributed by atoms with Crippen LogP contribution in [0.4, 0.5) is 10.1 Å². The second kappa shape index (κ2) is 8.87. The maximum absolute atomic E-state index is 14.3. The molecule has 1 amide bonds. The van der Waals surface area contributed by atoms with Gasteiger partial charge in [-0.05, 0) is 29.8 Å². The van der Waals surface area contributed by atoms with E-state index in [4.69, 9.17) is 4.74 Å². The van der Waals surface area contributed by atoms with Crippen molar-refractivity contribution in [2.45, 2.75) is 11.4 Å². The monoisotopic (exact) mass is 360 g/mol. The zero-order chi connectivity index (χ0) is 17.5. The van der Waals surface area contributed by atoms with Gasteiger partial charge in [0.2, 0.25) is 5.91 Å². The Balaban J connectivity index is 1.49. The first kappa shape index (κ1) is 17.8. The van der Waals surface area contributed by atoms with E-state index in [1.165, 1.54) is 17.8 Å². The number of ether oxygens (including phenoxy) is 1. The Labute approximate surface area is 151 Å². The fourth-order valence-corrected chi connectivity index (χ4v) is 3.39. The smallest absolute Gasteiger partial charge is 0.230 e. The van der Waals surface area contributed by atoms with E-state index in [0.29, 0.717) is 44.3 Å². The number of nitrogens with one attached hydrogen (secondary N) is 1. The van der Waals surface area contributed by atoms with Crippen LogP contribution in [-0.2, 0) is 16.1 Å². The first-order chi connectivity index (χ1) is 12.2. The van der Waals surface area contributed by atoms with E-state index < -0.39 is 0 Å². The van der Waals surface area contributed by atoms with Gasteiger partial charge in [-0.1, -0.05) is 24.3 Å². The third kappa shape index (κ3) is 5.21. The van der Waals surface area contributed by atoms with Gasteiger partial charge < -0.3 is 15.0 Å². The van der Waals surface area contributed by atoms with E-state index in [1.54, 1.807) is 6.07 Å². The first-order valence-corrected chi connectivity index (χ1v) is 9.26. The molecule has 1 heterocycles. The van der Waals surface area contributed by atoms with Gasteiger partial charge in [-0.25, -0.2) is 4.39 Å². The minimum Gasteiger partial charge on any atom is -0.378 e. The highest BCUT2D eigenvalue weighted by Gasteiger charge is 2.15. The molecule has 1 N–H and O–H groups in total. The SMILES string of the molecule is O=C(CSc1ccccc1)NCc1ccc(N2CCOCC2)c(F)c1. The molecule has 0 unspecified atom stereocenters. The number of carbonyl (C=O) groups is 1. The van der Waals surface area contributed by atoms with Gasteiger partial charge in [-0.2, -0.15) is 0 Å². The van der Waals surface area contributed by atoms with Gasteiger partial charge in [0.1, 0.15) is 5.82 Å². The quantitative estimate of drug-likeness (QED) is 0.804. The highest BCUT2D eigenvalue weighted by Crippen LogP contribution is 2.21. The van der Waals surface area contributed by atoms with Crippen LogP contribution < -0.4 is 10.2 Å². The molecule has 0 bridgehead atoms. The molecule has 3 rings (SSSR count). The summed E-state index contributed by atoms with van der Waals surface area (Å²) in [6.45, 7) is 2.97. The number of hydrogen-bond donors (Lipinski definition) is 1. The van der Waals surface area contributed by atoms with Crippen molar-refractivity contribution in [2.75, 3.05) is 37.0 Å². The lowest BCUT2D eigenvalue weighted by Crippen LogP contribution is -2.36. The molecule has 0 aromatic heterocycles. The summed E-state index contributed by atoms with van der Waals surface area (Å²) >= 11 is 1.48. The highest BCUT2D eigenvalue weighted by atomic mass is 32.2. The summed E-state index contributed by atoms with van der Waals surface area (Å²) in [5.41, 5.74) is 1.35. The second-order valence-corrected chi connectivity index (χ2v) is 6.81. The van der Waals surface area contributed by atoms with E-state index in [9.17, 15) is 9.18 Å². The van der Waals surface area contributed by atoms with Gasteiger partial charge in [-0.15, -0.1) is 11.8 Å². The van der Waals surface area contributed by atoms with Crippen LogP contribution in [0.15, 0.2) is 53.4 Å². The molecule has 1 aliphatic heterocycles. The number of morpholine rings is 1. The Bertz CT molecular complexity index is 706. The molecule has 25 heavy (non-hydrogen) atoms. The zero-order valence-corrected chi connectivity index (χ0v) is 14.7. The summed E-state index contributed by atoms with van der Waals surface area (Å²) in [5.74, 6) is 0.0251. The van der Waals surface area contributed by atoms with Gasteiger partial charge in [0.05, 0.1) is 24.7 Å². The maximum Gasteiger partial charge on any atom is 0.230 e. The molecule has 4 nitrogen and oxygen atoms in total. The summed E-state index contributed by atoms with van der Waals surface area (Å²) in [7, 11) is 0. The van der Waals surface area contributed by atoms with Crippen molar-refractivity contribution in [3.63, 3.8) is 0 Å². The van der Waals surface area contributed by atoms with Crippen molar-refractivity contribution in [1.29, 1.82) is 0 Å². The van der Waals surface area contributed by atoms with Gasteiger partial charge in [0.15, 0.2) is 0 Å². The molecule has 1 fully saturated rings. The van der Waals surface area contributed by atoms with Crippen LogP contribution in [0.2, 0.25) is 0 Å². The van der Waals surface area contributed by atoms with E-state index in [1.807, 2.05) is 41.3 Å².